The van der Waals surface area contributed by atoms with Gasteiger partial charge in [-0.2, -0.15) is 13.2 Å². The van der Waals surface area contributed by atoms with Crippen LogP contribution in [0.5, 0.6) is 0 Å². The maximum atomic E-state index is 14.2. The molecule has 1 aromatic carbocycles. The number of rotatable bonds is 1. The fourth-order valence-corrected chi connectivity index (χ4v) is 2.76. The molecule has 0 aliphatic carbocycles. The van der Waals surface area contributed by atoms with Crippen molar-refractivity contribution in [3.05, 3.63) is 58.1 Å². The number of benzene rings is 1. The second-order valence-corrected chi connectivity index (χ2v) is 5.72. The summed E-state index contributed by atoms with van der Waals surface area (Å²) >= 11 is 6.02. The summed E-state index contributed by atoms with van der Waals surface area (Å²) in [5, 5.41) is -0.626. The Labute approximate surface area is 145 Å². The normalized spacial score (nSPS) is 17.4. The lowest BCUT2D eigenvalue weighted by molar-refractivity contribution is -0.137. The lowest BCUT2D eigenvalue weighted by Crippen LogP contribution is -2.24. The molecule has 9 heteroatoms. The molecule has 4 nitrogen and oxygen atoms in total. The van der Waals surface area contributed by atoms with Crippen molar-refractivity contribution in [1.29, 1.82) is 0 Å². The molecular formula is C16H11ClF4N4. The summed E-state index contributed by atoms with van der Waals surface area (Å²) in [7, 11) is 0. The first kappa shape index (κ1) is 17.3. The molecule has 130 valence electrons. The average Bonchev–Trinajstić information content (AvgIpc) is 2.64. The van der Waals surface area contributed by atoms with E-state index in [1.165, 1.54) is 12.3 Å². The van der Waals surface area contributed by atoms with E-state index in [0.717, 1.165) is 18.2 Å². The summed E-state index contributed by atoms with van der Waals surface area (Å²) in [6.45, 7) is 1.59. The van der Waals surface area contributed by atoms with Gasteiger partial charge in [0, 0.05) is 11.8 Å². The molecule has 0 radical (unpaired) electrons. The van der Waals surface area contributed by atoms with Crippen molar-refractivity contribution in [2.75, 3.05) is 0 Å². The van der Waals surface area contributed by atoms with Crippen molar-refractivity contribution in [2.45, 2.75) is 19.1 Å². The number of pyridine rings is 1. The predicted molar refractivity (Wildman–Crippen MR) is 87.0 cm³/mol. The van der Waals surface area contributed by atoms with Crippen molar-refractivity contribution in [2.24, 2.45) is 15.7 Å². The second kappa shape index (κ2) is 6.11. The number of aromatic nitrogens is 1. The van der Waals surface area contributed by atoms with Gasteiger partial charge in [0.1, 0.15) is 17.6 Å². The van der Waals surface area contributed by atoms with E-state index in [9.17, 15) is 17.6 Å². The Morgan fingerprint density at radius 3 is 2.56 bits per heavy atom. The van der Waals surface area contributed by atoms with Gasteiger partial charge in [-0.25, -0.2) is 9.38 Å². The monoisotopic (exact) mass is 370 g/mol. The van der Waals surface area contributed by atoms with Gasteiger partial charge in [-0.3, -0.25) is 9.98 Å². The number of amidine groups is 1. The molecule has 1 aromatic heterocycles. The molecular weight excluding hydrogens is 360 g/mol. The van der Waals surface area contributed by atoms with E-state index < -0.39 is 28.6 Å². The summed E-state index contributed by atoms with van der Waals surface area (Å²) in [6, 6.07) is 3.74. The summed E-state index contributed by atoms with van der Waals surface area (Å²) in [5.74, 6) is -0.670. The minimum atomic E-state index is -4.69. The zero-order valence-electron chi connectivity index (χ0n) is 12.8. The van der Waals surface area contributed by atoms with Crippen LogP contribution in [-0.2, 0) is 6.18 Å². The van der Waals surface area contributed by atoms with Crippen molar-refractivity contribution in [3.8, 4) is 0 Å². The van der Waals surface area contributed by atoms with E-state index in [2.05, 4.69) is 15.0 Å². The van der Waals surface area contributed by atoms with Crippen LogP contribution in [0.2, 0.25) is 5.02 Å². The van der Waals surface area contributed by atoms with Crippen molar-refractivity contribution in [3.63, 3.8) is 0 Å². The van der Waals surface area contributed by atoms with Gasteiger partial charge in [0.2, 0.25) is 0 Å². The highest BCUT2D eigenvalue weighted by atomic mass is 35.5. The van der Waals surface area contributed by atoms with E-state index >= 15 is 0 Å². The third-order valence-corrected chi connectivity index (χ3v) is 4.04. The maximum Gasteiger partial charge on any atom is 0.417 e. The average molecular weight is 371 g/mol. The standard InChI is InChI=1S/C16H11ClF4N4/c1-7-15(22)25-10-5-4-8(16(19,20)21)12(17)11(10)14(24-7)13-9(18)3-2-6-23-13/h2-7H,1H3,(H2,22,25). The van der Waals surface area contributed by atoms with Crippen LogP contribution in [0.3, 0.4) is 0 Å². The van der Waals surface area contributed by atoms with Gasteiger partial charge < -0.3 is 5.73 Å². The Balaban J connectivity index is 2.37. The van der Waals surface area contributed by atoms with Crippen LogP contribution in [0, 0.1) is 5.82 Å². The second-order valence-electron chi connectivity index (χ2n) is 5.34. The Bertz CT molecular complexity index is 905. The topological polar surface area (TPSA) is 63.6 Å². The zero-order valence-corrected chi connectivity index (χ0v) is 13.5. The van der Waals surface area contributed by atoms with Gasteiger partial charge in [-0.05, 0) is 31.2 Å². The third kappa shape index (κ3) is 3.09. The van der Waals surface area contributed by atoms with Crippen LogP contribution in [-0.4, -0.2) is 22.6 Å². The van der Waals surface area contributed by atoms with Gasteiger partial charge in [0.05, 0.1) is 22.0 Å². The summed E-state index contributed by atoms with van der Waals surface area (Å²) < 4.78 is 53.8. The van der Waals surface area contributed by atoms with E-state index in [1.54, 1.807) is 6.92 Å². The highest BCUT2D eigenvalue weighted by Gasteiger charge is 2.36. The Kier molecular flexibility index (Phi) is 4.24. The van der Waals surface area contributed by atoms with Gasteiger partial charge >= 0.3 is 6.18 Å². The fraction of sp³-hybridized carbons (Fsp3) is 0.188. The van der Waals surface area contributed by atoms with Crippen molar-refractivity contribution in [1.82, 2.24) is 4.98 Å². The zero-order chi connectivity index (χ0) is 18.4. The minimum absolute atomic E-state index is 0.0726. The molecule has 1 atom stereocenters. The van der Waals surface area contributed by atoms with Gasteiger partial charge in [0.15, 0.2) is 5.82 Å². The number of nitrogens with zero attached hydrogens (tertiary/aromatic N) is 3. The molecule has 3 rings (SSSR count). The van der Waals surface area contributed by atoms with E-state index in [4.69, 9.17) is 17.3 Å². The molecule has 2 heterocycles. The predicted octanol–water partition coefficient (Wildman–Crippen LogP) is 4.12. The quantitative estimate of drug-likeness (QED) is 0.767. The lowest BCUT2D eigenvalue weighted by Gasteiger charge is -2.15. The van der Waals surface area contributed by atoms with Crippen LogP contribution in [0.25, 0.3) is 0 Å². The maximum absolute atomic E-state index is 14.2. The number of nitrogens with two attached hydrogens (primary N) is 1. The van der Waals surface area contributed by atoms with Gasteiger partial charge in [0.25, 0.3) is 0 Å². The number of halogens is 5. The van der Waals surface area contributed by atoms with Crippen LogP contribution < -0.4 is 5.73 Å². The number of hydrogen-bond donors (Lipinski definition) is 1. The highest BCUT2D eigenvalue weighted by molar-refractivity contribution is 6.37. The Morgan fingerprint density at radius 1 is 1.20 bits per heavy atom. The molecule has 2 aromatic rings. The molecule has 1 unspecified atom stereocenters. The molecule has 0 spiro atoms. The molecule has 1 aliphatic rings. The highest BCUT2D eigenvalue weighted by Crippen LogP contribution is 2.41. The van der Waals surface area contributed by atoms with E-state index in [0.29, 0.717) is 0 Å². The third-order valence-electron chi connectivity index (χ3n) is 3.65. The van der Waals surface area contributed by atoms with Crippen LogP contribution in [0.4, 0.5) is 23.2 Å². The van der Waals surface area contributed by atoms with Crippen LogP contribution in [0.1, 0.15) is 23.7 Å². The molecule has 1 aliphatic heterocycles. The molecule has 0 amide bonds. The first-order valence-electron chi connectivity index (χ1n) is 7.13. The minimum Gasteiger partial charge on any atom is -0.385 e. The summed E-state index contributed by atoms with van der Waals surface area (Å²) in [6.07, 6.45) is -3.38. The summed E-state index contributed by atoms with van der Waals surface area (Å²) in [4.78, 5) is 12.2. The van der Waals surface area contributed by atoms with E-state index in [1.807, 2.05) is 0 Å². The van der Waals surface area contributed by atoms with Crippen molar-refractivity contribution >= 4 is 28.8 Å². The molecule has 0 saturated heterocycles. The summed E-state index contributed by atoms with van der Waals surface area (Å²) in [5.41, 5.74) is 4.32. The number of aliphatic imine (C=N–C) groups is 2. The number of hydrogen-bond acceptors (Lipinski definition) is 4. The first-order chi connectivity index (χ1) is 11.7. The van der Waals surface area contributed by atoms with E-state index in [-0.39, 0.29) is 28.5 Å². The SMILES string of the molecule is CC1N=C(c2ncccc2F)c2c(ccc(C(F)(F)F)c2Cl)N=C1N. The smallest absolute Gasteiger partial charge is 0.385 e. The van der Waals surface area contributed by atoms with Crippen LogP contribution >= 0.6 is 11.6 Å². The number of alkyl halides is 3. The molecule has 0 bridgehead atoms. The van der Waals surface area contributed by atoms with Crippen LogP contribution in [0.15, 0.2) is 40.4 Å². The molecule has 2 N–H and O–H groups in total. The largest absolute Gasteiger partial charge is 0.417 e. The molecule has 0 saturated carbocycles. The van der Waals surface area contributed by atoms with Gasteiger partial charge in [-0.1, -0.05) is 11.6 Å². The first-order valence-corrected chi connectivity index (χ1v) is 7.50. The fourth-order valence-electron chi connectivity index (χ4n) is 2.40. The Morgan fingerprint density at radius 2 is 1.92 bits per heavy atom. The van der Waals surface area contributed by atoms with Gasteiger partial charge in [-0.15, -0.1) is 0 Å². The van der Waals surface area contributed by atoms with Crippen molar-refractivity contribution < 1.29 is 17.6 Å². The Hall–Kier alpha value is -2.48. The molecule has 25 heavy (non-hydrogen) atoms. The number of fused-ring (bicyclic) bond motifs is 1. The lowest BCUT2D eigenvalue weighted by atomic mass is 10.0. The molecule has 0 fully saturated rings.